The zero-order valence-corrected chi connectivity index (χ0v) is 15.3. The minimum absolute atomic E-state index is 0.0748. The molecule has 2 saturated heterocycles. The minimum atomic E-state index is -0.114. The number of hydrogen-bond acceptors (Lipinski definition) is 6. The van der Waals surface area contributed by atoms with Crippen LogP contribution in [-0.4, -0.2) is 95.0 Å². The van der Waals surface area contributed by atoms with Gasteiger partial charge < -0.3 is 14.5 Å². The van der Waals surface area contributed by atoms with E-state index in [0.717, 1.165) is 52.2 Å². The van der Waals surface area contributed by atoms with Crippen molar-refractivity contribution in [3.05, 3.63) is 24.3 Å². The molecule has 0 radical (unpaired) electrons. The standard InChI is InChI=1S/C18H27N5O3/c1-15(24)23(7-2-6-21-9-11-26-12-10-21)16-3-8-22(14-16)18(25)17-13-19-4-5-20-17/h4-5,13,16H,2-3,6-12,14H2,1H3. The van der Waals surface area contributed by atoms with Crippen molar-refractivity contribution in [1.29, 1.82) is 0 Å². The van der Waals surface area contributed by atoms with Crippen LogP contribution >= 0.6 is 0 Å². The molecule has 2 amide bonds. The Labute approximate surface area is 154 Å². The molecule has 0 saturated carbocycles. The molecular formula is C18H27N5O3. The number of carbonyl (C=O) groups is 2. The maximum Gasteiger partial charge on any atom is 0.274 e. The third-order valence-corrected chi connectivity index (χ3v) is 5.06. The summed E-state index contributed by atoms with van der Waals surface area (Å²) in [6.45, 7) is 8.03. The zero-order valence-electron chi connectivity index (χ0n) is 15.3. The molecule has 142 valence electrons. The fourth-order valence-electron chi connectivity index (χ4n) is 3.64. The van der Waals surface area contributed by atoms with Gasteiger partial charge >= 0.3 is 0 Å². The molecule has 0 bridgehead atoms. The monoisotopic (exact) mass is 361 g/mol. The maximum absolute atomic E-state index is 12.5. The smallest absolute Gasteiger partial charge is 0.274 e. The number of hydrogen-bond donors (Lipinski definition) is 0. The van der Waals surface area contributed by atoms with Crippen molar-refractivity contribution in [3.63, 3.8) is 0 Å². The van der Waals surface area contributed by atoms with Crippen LogP contribution in [0.5, 0.6) is 0 Å². The van der Waals surface area contributed by atoms with Crippen LogP contribution in [0.1, 0.15) is 30.3 Å². The summed E-state index contributed by atoms with van der Waals surface area (Å²) in [5, 5.41) is 0. The number of aromatic nitrogens is 2. The van der Waals surface area contributed by atoms with E-state index < -0.39 is 0 Å². The predicted octanol–water partition coefficient (Wildman–Crippen LogP) is 0.262. The van der Waals surface area contributed by atoms with Crippen LogP contribution in [0.2, 0.25) is 0 Å². The molecule has 2 aliphatic rings. The van der Waals surface area contributed by atoms with Crippen LogP contribution in [0, 0.1) is 0 Å². The second-order valence-electron chi connectivity index (χ2n) is 6.80. The minimum Gasteiger partial charge on any atom is -0.379 e. The number of amides is 2. The normalized spacial score (nSPS) is 21.0. The lowest BCUT2D eigenvalue weighted by Crippen LogP contribution is -2.44. The van der Waals surface area contributed by atoms with Crippen molar-refractivity contribution in [3.8, 4) is 0 Å². The maximum atomic E-state index is 12.5. The number of morpholine rings is 1. The van der Waals surface area contributed by atoms with E-state index in [1.807, 2.05) is 4.90 Å². The van der Waals surface area contributed by atoms with Crippen molar-refractivity contribution in [1.82, 2.24) is 24.7 Å². The quantitative estimate of drug-likeness (QED) is 0.723. The molecule has 2 aliphatic heterocycles. The van der Waals surface area contributed by atoms with Gasteiger partial charge in [0, 0.05) is 58.6 Å². The van der Waals surface area contributed by atoms with Crippen molar-refractivity contribution in [2.75, 3.05) is 52.5 Å². The summed E-state index contributed by atoms with van der Waals surface area (Å²) in [5.74, 6) is -0.0387. The highest BCUT2D eigenvalue weighted by atomic mass is 16.5. The third kappa shape index (κ3) is 4.76. The second-order valence-corrected chi connectivity index (χ2v) is 6.80. The van der Waals surface area contributed by atoms with Gasteiger partial charge in [0.2, 0.25) is 5.91 Å². The average Bonchev–Trinajstić information content (AvgIpc) is 3.15. The summed E-state index contributed by atoms with van der Waals surface area (Å²) in [6, 6.07) is 0.0813. The summed E-state index contributed by atoms with van der Waals surface area (Å²) in [7, 11) is 0. The van der Waals surface area contributed by atoms with Gasteiger partial charge in [0.15, 0.2) is 0 Å². The molecule has 8 nitrogen and oxygen atoms in total. The SMILES string of the molecule is CC(=O)N(CCCN1CCOCC1)C1CCN(C(=O)c2cnccn2)C1. The number of ether oxygens (including phenoxy) is 1. The van der Waals surface area contributed by atoms with Gasteiger partial charge in [-0.05, 0) is 12.8 Å². The van der Waals surface area contributed by atoms with Crippen LogP contribution in [0.25, 0.3) is 0 Å². The second kappa shape index (κ2) is 9.05. The van der Waals surface area contributed by atoms with E-state index in [1.54, 1.807) is 18.0 Å². The Bertz CT molecular complexity index is 606. The summed E-state index contributed by atoms with van der Waals surface area (Å²) in [5.41, 5.74) is 0.356. The molecule has 26 heavy (non-hydrogen) atoms. The molecular weight excluding hydrogens is 334 g/mol. The molecule has 1 aromatic heterocycles. The number of carbonyl (C=O) groups excluding carboxylic acids is 2. The molecule has 0 aliphatic carbocycles. The highest BCUT2D eigenvalue weighted by Crippen LogP contribution is 2.18. The van der Waals surface area contributed by atoms with Gasteiger partial charge in [-0.2, -0.15) is 0 Å². The van der Waals surface area contributed by atoms with E-state index in [9.17, 15) is 9.59 Å². The first kappa shape index (κ1) is 18.7. The van der Waals surface area contributed by atoms with E-state index in [4.69, 9.17) is 4.74 Å². The molecule has 0 spiro atoms. The van der Waals surface area contributed by atoms with Crippen LogP contribution < -0.4 is 0 Å². The lowest BCUT2D eigenvalue weighted by molar-refractivity contribution is -0.131. The van der Waals surface area contributed by atoms with Crippen molar-refractivity contribution >= 4 is 11.8 Å². The van der Waals surface area contributed by atoms with Gasteiger partial charge in [-0.25, -0.2) is 4.98 Å². The Morgan fingerprint density at radius 3 is 2.77 bits per heavy atom. The number of nitrogens with zero attached hydrogens (tertiary/aromatic N) is 5. The fraction of sp³-hybridized carbons (Fsp3) is 0.667. The summed E-state index contributed by atoms with van der Waals surface area (Å²) >= 11 is 0. The van der Waals surface area contributed by atoms with Crippen LogP contribution in [-0.2, 0) is 9.53 Å². The third-order valence-electron chi connectivity index (χ3n) is 5.06. The molecule has 1 unspecified atom stereocenters. The van der Waals surface area contributed by atoms with Crippen LogP contribution in [0.4, 0.5) is 0 Å². The molecule has 1 aromatic rings. The van der Waals surface area contributed by atoms with Gasteiger partial charge in [-0.1, -0.05) is 0 Å². The summed E-state index contributed by atoms with van der Waals surface area (Å²) in [6.07, 6.45) is 6.31. The summed E-state index contributed by atoms with van der Waals surface area (Å²) < 4.78 is 5.36. The van der Waals surface area contributed by atoms with E-state index in [2.05, 4.69) is 14.9 Å². The van der Waals surface area contributed by atoms with Crippen molar-refractivity contribution in [2.45, 2.75) is 25.8 Å². The Balaban J connectivity index is 1.50. The van der Waals surface area contributed by atoms with Gasteiger partial charge in [0.1, 0.15) is 5.69 Å². The molecule has 0 N–H and O–H groups in total. The highest BCUT2D eigenvalue weighted by Gasteiger charge is 2.32. The Morgan fingerprint density at radius 2 is 2.08 bits per heavy atom. The predicted molar refractivity (Wildman–Crippen MR) is 95.6 cm³/mol. The fourth-order valence-corrected chi connectivity index (χ4v) is 3.64. The lowest BCUT2D eigenvalue weighted by atomic mass is 10.2. The number of likely N-dealkylation sites (tertiary alicyclic amines) is 1. The highest BCUT2D eigenvalue weighted by molar-refractivity contribution is 5.92. The largest absolute Gasteiger partial charge is 0.379 e. The first-order chi connectivity index (χ1) is 12.6. The zero-order chi connectivity index (χ0) is 18.4. The number of rotatable bonds is 6. The van der Waals surface area contributed by atoms with Crippen LogP contribution in [0.15, 0.2) is 18.6 Å². The first-order valence-electron chi connectivity index (χ1n) is 9.28. The van der Waals surface area contributed by atoms with E-state index >= 15 is 0 Å². The van der Waals surface area contributed by atoms with Gasteiger partial charge in [-0.15, -0.1) is 0 Å². The molecule has 3 rings (SSSR count). The molecule has 2 fully saturated rings. The van der Waals surface area contributed by atoms with Crippen molar-refractivity contribution < 1.29 is 14.3 Å². The Kier molecular flexibility index (Phi) is 6.51. The topological polar surface area (TPSA) is 78.9 Å². The van der Waals surface area contributed by atoms with Crippen molar-refractivity contribution in [2.24, 2.45) is 0 Å². The Morgan fingerprint density at radius 1 is 1.27 bits per heavy atom. The van der Waals surface area contributed by atoms with Crippen LogP contribution in [0.3, 0.4) is 0 Å². The average molecular weight is 361 g/mol. The van der Waals surface area contributed by atoms with Gasteiger partial charge in [0.05, 0.1) is 25.5 Å². The van der Waals surface area contributed by atoms with E-state index in [1.165, 1.54) is 12.4 Å². The molecule has 3 heterocycles. The lowest BCUT2D eigenvalue weighted by Gasteiger charge is -2.30. The summed E-state index contributed by atoms with van der Waals surface area (Å²) in [4.78, 5) is 38.7. The molecule has 8 heteroatoms. The molecule has 1 atom stereocenters. The first-order valence-corrected chi connectivity index (χ1v) is 9.28. The van der Waals surface area contributed by atoms with E-state index in [-0.39, 0.29) is 17.9 Å². The molecule has 0 aromatic carbocycles. The van der Waals surface area contributed by atoms with Gasteiger partial charge in [-0.3, -0.25) is 19.5 Å². The van der Waals surface area contributed by atoms with E-state index in [0.29, 0.717) is 18.8 Å². The van der Waals surface area contributed by atoms with Gasteiger partial charge in [0.25, 0.3) is 5.91 Å². The Hall–Kier alpha value is -2.06.